The molecule has 4 nitrogen and oxygen atoms in total. The van der Waals surface area contributed by atoms with Crippen LogP contribution in [-0.2, 0) is 0 Å². The lowest BCUT2D eigenvalue weighted by Gasteiger charge is -2.14. The van der Waals surface area contributed by atoms with Crippen molar-refractivity contribution in [1.29, 1.82) is 0 Å². The van der Waals surface area contributed by atoms with E-state index in [4.69, 9.17) is 9.97 Å². The van der Waals surface area contributed by atoms with E-state index in [1.54, 1.807) is 0 Å². The number of aromatic nitrogens is 2. The summed E-state index contributed by atoms with van der Waals surface area (Å²) in [7, 11) is 0. The summed E-state index contributed by atoms with van der Waals surface area (Å²) in [5.74, 6) is 0.549. The first-order valence-corrected chi connectivity index (χ1v) is 10.5. The van der Waals surface area contributed by atoms with E-state index in [9.17, 15) is 0 Å². The van der Waals surface area contributed by atoms with Gasteiger partial charge in [0.15, 0.2) is 0 Å². The molecule has 0 saturated heterocycles. The number of anilines is 4. The molecule has 0 fully saturated rings. The van der Waals surface area contributed by atoms with Crippen LogP contribution < -0.4 is 10.6 Å². The Kier molecular flexibility index (Phi) is 5.58. The number of hydrogen-bond acceptors (Lipinski definition) is 4. The zero-order valence-electron chi connectivity index (χ0n) is 17.4. The third kappa shape index (κ3) is 4.50. The number of rotatable bonds is 6. The first-order valence-electron chi connectivity index (χ1n) is 10.5. The minimum atomic E-state index is 0.549. The van der Waals surface area contributed by atoms with Gasteiger partial charge in [0.2, 0.25) is 5.95 Å². The van der Waals surface area contributed by atoms with Crippen LogP contribution in [0, 0.1) is 0 Å². The van der Waals surface area contributed by atoms with Crippen LogP contribution >= 0.6 is 0 Å². The van der Waals surface area contributed by atoms with Crippen molar-refractivity contribution in [3.8, 4) is 22.5 Å². The Morgan fingerprint density at radius 1 is 0.438 bits per heavy atom. The van der Waals surface area contributed by atoms with Crippen molar-refractivity contribution in [2.24, 2.45) is 0 Å². The molecule has 0 aliphatic rings. The van der Waals surface area contributed by atoms with Crippen LogP contribution in [-0.4, -0.2) is 9.97 Å². The number of hydrogen-bond donors (Lipinski definition) is 2. The van der Waals surface area contributed by atoms with E-state index in [-0.39, 0.29) is 0 Å². The van der Waals surface area contributed by atoms with Crippen LogP contribution in [0.25, 0.3) is 22.5 Å². The molecule has 0 aliphatic carbocycles. The standard InChI is InChI=1S/C28H22N4/c1-4-12-21(13-5-1)26-20-27(22-14-6-2-7-15-22)32-28(31-26)30-25-19-11-10-18-24(25)29-23-16-8-3-9-17-23/h1-20,29H,(H,30,31,32). The topological polar surface area (TPSA) is 49.8 Å². The molecule has 2 N–H and O–H groups in total. The second-order valence-corrected chi connectivity index (χ2v) is 7.36. The molecule has 0 spiro atoms. The molecule has 0 bridgehead atoms. The van der Waals surface area contributed by atoms with E-state index < -0.39 is 0 Å². The minimum absolute atomic E-state index is 0.549. The molecule has 1 heterocycles. The van der Waals surface area contributed by atoms with E-state index in [1.165, 1.54) is 0 Å². The van der Waals surface area contributed by atoms with Crippen molar-refractivity contribution in [2.75, 3.05) is 10.6 Å². The van der Waals surface area contributed by atoms with Crippen molar-refractivity contribution in [1.82, 2.24) is 9.97 Å². The molecule has 0 amide bonds. The first-order chi connectivity index (χ1) is 15.8. The lowest BCUT2D eigenvalue weighted by atomic mass is 10.1. The van der Waals surface area contributed by atoms with Gasteiger partial charge >= 0.3 is 0 Å². The molecule has 5 rings (SSSR count). The number of benzene rings is 4. The van der Waals surface area contributed by atoms with Gasteiger partial charge in [0, 0.05) is 16.8 Å². The Hall–Kier alpha value is -4.44. The maximum absolute atomic E-state index is 4.82. The molecule has 32 heavy (non-hydrogen) atoms. The SMILES string of the molecule is c1ccc(Nc2ccccc2Nc2nc(-c3ccccc3)cc(-c3ccccc3)n2)cc1. The smallest absolute Gasteiger partial charge is 0.228 e. The highest BCUT2D eigenvalue weighted by atomic mass is 15.1. The van der Waals surface area contributed by atoms with Gasteiger partial charge in [-0.25, -0.2) is 9.97 Å². The molecule has 0 atom stereocenters. The van der Waals surface area contributed by atoms with E-state index in [2.05, 4.69) is 34.9 Å². The number of nitrogens with zero attached hydrogens (tertiary/aromatic N) is 2. The minimum Gasteiger partial charge on any atom is -0.354 e. The number of para-hydroxylation sites is 3. The van der Waals surface area contributed by atoms with E-state index >= 15 is 0 Å². The largest absolute Gasteiger partial charge is 0.354 e. The summed E-state index contributed by atoms with van der Waals surface area (Å²) in [5, 5.41) is 6.90. The Morgan fingerprint density at radius 2 is 0.875 bits per heavy atom. The molecule has 0 aliphatic heterocycles. The van der Waals surface area contributed by atoms with Crippen LogP contribution in [0.4, 0.5) is 23.0 Å². The van der Waals surface area contributed by atoms with Crippen LogP contribution in [0.3, 0.4) is 0 Å². The molecule has 4 aromatic carbocycles. The number of nitrogens with one attached hydrogen (secondary N) is 2. The Bertz CT molecular complexity index is 1250. The predicted molar refractivity (Wildman–Crippen MR) is 132 cm³/mol. The summed E-state index contributed by atoms with van der Waals surface area (Å²) in [6.07, 6.45) is 0. The molecular formula is C28H22N4. The van der Waals surface area contributed by atoms with Crippen molar-refractivity contribution in [2.45, 2.75) is 0 Å². The molecular weight excluding hydrogens is 392 g/mol. The fourth-order valence-electron chi connectivity index (χ4n) is 3.52. The second-order valence-electron chi connectivity index (χ2n) is 7.36. The monoisotopic (exact) mass is 414 g/mol. The van der Waals surface area contributed by atoms with Crippen LogP contribution in [0.2, 0.25) is 0 Å². The highest BCUT2D eigenvalue weighted by Gasteiger charge is 2.10. The van der Waals surface area contributed by atoms with Crippen LogP contribution in [0.1, 0.15) is 0 Å². The summed E-state index contributed by atoms with van der Waals surface area (Å²) >= 11 is 0. The van der Waals surface area contributed by atoms with Gasteiger partial charge in [-0.1, -0.05) is 91.0 Å². The zero-order chi connectivity index (χ0) is 21.6. The molecule has 154 valence electrons. The van der Waals surface area contributed by atoms with E-state index in [0.29, 0.717) is 5.95 Å². The van der Waals surface area contributed by atoms with Crippen molar-refractivity contribution < 1.29 is 0 Å². The molecule has 0 unspecified atom stereocenters. The third-order valence-corrected chi connectivity index (χ3v) is 5.09. The first kappa shape index (κ1) is 19.5. The highest BCUT2D eigenvalue weighted by Crippen LogP contribution is 2.30. The fourth-order valence-corrected chi connectivity index (χ4v) is 3.52. The maximum Gasteiger partial charge on any atom is 0.228 e. The van der Waals surface area contributed by atoms with Gasteiger partial charge in [0.1, 0.15) is 0 Å². The second kappa shape index (κ2) is 9.14. The molecule has 0 radical (unpaired) electrons. The Labute approximate surface area is 187 Å². The lowest BCUT2D eigenvalue weighted by Crippen LogP contribution is -2.02. The van der Waals surface area contributed by atoms with Crippen molar-refractivity contribution >= 4 is 23.0 Å². The molecule has 4 heteroatoms. The summed E-state index contributed by atoms with van der Waals surface area (Å²) < 4.78 is 0. The van der Waals surface area contributed by atoms with Gasteiger partial charge in [0.05, 0.1) is 22.8 Å². The predicted octanol–water partition coefficient (Wildman–Crippen LogP) is 7.30. The molecule has 5 aromatic rings. The summed E-state index contributed by atoms with van der Waals surface area (Å²) in [4.78, 5) is 9.65. The summed E-state index contributed by atoms with van der Waals surface area (Å²) in [6, 6.07) is 40.5. The van der Waals surface area contributed by atoms with Gasteiger partial charge in [-0.2, -0.15) is 0 Å². The third-order valence-electron chi connectivity index (χ3n) is 5.09. The van der Waals surface area contributed by atoms with Crippen molar-refractivity contribution in [3.05, 3.63) is 121 Å². The Balaban J connectivity index is 1.54. The van der Waals surface area contributed by atoms with Crippen LogP contribution in [0.15, 0.2) is 121 Å². The van der Waals surface area contributed by atoms with Gasteiger partial charge in [-0.3, -0.25) is 0 Å². The summed E-state index contributed by atoms with van der Waals surface area (Å²) in [6.45, 7) is 0. The Morgan fingerprint density at radius 3 is 1.41 bits per heavy atom. The molecule has 0 saturated carbocycles. The quantitative estimate of drug-likeness (QED) is 0.306. The van der Waals surface area contributed by atoms with Gasteiger partial charge < -0.3 is 10.6 Å². The zero-order valence-corrected chi connectivity index (χ0v) is 17.4. The van der Waals surface area contributed by atoms with Crippen molar-refractivity contribution in [3.63, 3.8) is 0 Å². The van der Waals surface area contributed by atoms with Gasteiger partial charge in [0.25, 0.3) is 0 Å². The fraction of sp³-hybridized carbons (Fsp3) is 0. The average Bonchev–Trinajstić information content (AvgIpc) is 2.87. The molecule has 1 aromatic heterocycles. The normalized spacial score (nSPS) is 10.5. The lowest BCUT2D eigenvalue weighted by molar-refractivity contribution is 1.17. The van der Waals surface area contributed by atoms with E-state index in [0.717, 1.165) is 39.6 Å². The maximum atomic E-state index is 4.82. The average molecular weight is 415 g/mol. The van der Waals surface area contributed by atoms with E-state index in [1.807, 2.05) is 97.1 Å². The van der Waals surface area contributed by atoms with Gasteiger partial charge in [-0.05, 0) is 30.3 Å². The highest BCUT2D eigenvalue weighted by molar-refractivity contribution is 5.78. The van der Waals surface area contributed by atoms with Crippen LogP contribution in [0.5, 0.6) is 0 Å². The summed E-state index contributed by atoms with van der Waals surface area (Å²) in [5.41, 5.74) is 6.71. The van der Waals surface area contributed by atoms with Gasteiger partial charge in [-0.15, -0.1) is 0 Å².